The fraction of sp³-hybridized carbons (Fsp3) is 0.0308. The molecule has 3 aliphatic carbocycles. The largest absolute Gasteiger partial charge is 0.309 e. The average molecular weight is 1780 g/mol. The summed E-state index contributed by atoms with van der Waals surface area (Å²) in [5.41, 5.74) is 48.7. The van der Waals surface area contributed by atoms with Crippen molar-refractivity contribution in [3.63, 3.8) is 0 Å². The van der Waals surface area contributed by atoms with Crippen molar-refractivity contribution in [1.82, 2.24) is 43.6 Å². The van der Waals surface area contributed by atoms with E-state index in [0.717, 1.165) is 90.2 Å². The highest BCUT2D eigenvalue weighted by Gasteiger charge is 2.52. The van der Waals surface area contributed by atoms with Gasteiger partial charge >= 0.3 is 0 Å². The van der Waals surface area contributed by atoms with E-state index in [1.54, 1.807) is 0 Å². The molecule has 656 valence electrons. The summed E-state index contributed by atoms with van der Waals surface area (Å²) in [6, 6.07) is 160. The SMILES string of the molecule is CC1(C)c2ccccc2-c2ccc(-c3ccc(-n4c(-c5cccnc5)ccc4-c4cccnc4)cc3)cc21.c1ccc(-c2cc(-c3ccccc3)c(-c3ccc(-n4c(-c5cccnc5)ccc4-c4cccnc4)cc3)c(-c3ccccc3)c2-c2ccccc2)cc1.c1cncc(-c2ccc(-c3cccnc3)n2-c2ccc(-c3ccc4c(c3)C3(c5ccccc5-c5ccccc53)c3ccccc3-4)cc2)c1. The zero-order valence-corrected chi connectivity index (χ0v) is 76.6. The summed E-state index contributed by atoms with van der Waals surface area (Å²) in [4.78, 5) is 26.4. The molecule has 9 heterocycles. The summed E-state index contributed by atoms with van der Waals surface area (Å²) in [6.45, 7) is 4.66. The number of benzene rings is 14. The molecule has 9 nitrogen and oxygen atoms in total. The summed E-state index contributed by atoms with van der Waals surface area (Å²) >= 11 is 0. The molecule has 0 radical (unpaired) electrons. The maximum absolute atomic E-state index is 4.45. The Morgan fingerprint density at radius 1 is 0.158 bits per heavy atom. The molecule has 0 bridgehead atoms. The molecule has 0 atom stereocenters. The van der Waals surface area contributed by atoms with E-state index in [1.165, 1.54) is 139 Å². The van der Waals surface area contributed by atoms with Gasteiger partial charge in [-0.05, 0) is 308 Å². The topological polar surface area (TPSA) is 92.1 Å². The third kappa shape index (κ3) is 15.0. The second-order valence-electron chi connectivity index (χ2n) is 36.0. The Morgan fingerprint density at radius 2 is 0.396 bits per heavy atom. The average Bonchev–Trinajstić information content (AvgIpc) is 1.51. The molecule has 0 saturated carbocycles. The Morgan fingerprint density at radius 3 is 0.712 bits per heavy atom. The lowest BCUT2D eigenvalue weighted by Gasteiger charge is -2.30. The predicted molar refractivity (Wildman–Crippen MR) is 569 cm³/mol. The van der Waals surface area contributed by atoms with Gasteiger partial charge in [0.25, 0.3) is 0 Å². The van der Waals surface area contributed by atoms with Crippen LogP contribution >= 0.6 is 0 Å². The second kappa shape index (κ2) is 36.0. The first-order valence-corrected chi connectivity index (χ1v) is 47.3. The van der Waals surface area contributed by atoms with Crippen LogP contribution in [0, 0.1) is 0 Å². The summed E-state index contributed by atoms with van der Waals surface area (Å²) < 4.78 is 6.90. The smallest absolute Gasteiger partial charge is 0.0725 e. The summed E-state index contributed by atoms with van der Waals surface area (Å²) in [5.74, 6) is 0. The zero-order valence-electron chi connectivity index (χ0n) is 76.6. The monoisotopic (exact) mass is 1780 g/mol. The van der Waals surface area contributed by atoms with Crippen molar-refractivity contribution in [1.29, 1.82) is 0 Å². The van der Waals surface area contributed by atoms with E-state index in [2.05, 4.69) is 464 Å². The highest BCUT2D eigenvalue weighted by atomic mass is 15.0. The van der Waals surface area contributed by atoms with Gasteiger partial charge in [0, 0.05) is 130 Å². The molecule has 0 aliphatic heterocycles. The molecule has 0 N–H and O–H groups in total. The van der Waals surface area contributed by atoms with Gasteiger partial charge in [0.15, 0.2) is 0 Å². The first kappa shape index (κ1) is 83.9. The normalized spacial score (nSPS) is 12.4. The first-order valence-electron chi connectivity index (χ1n) is 47.3. The zero-order chi connectivity index (χ0) is 92.8. The van der Waals surface area contributed by atoms with Gasteiger partial charge in [-0.3, -0.25) is 29.9 Å². The number of nitrogens with zero attached hydrogens (tertiary/aromatic N) is 9. The van der Waals surface area contributed by atoms with E-state index >= 15 is 0 Å². The molecule has 1 spiro atoms. The van der Waals surface area contributed by atoms with Crippen LogP contribution in [-0.2, 0) is 10.8 Å². The van der Waals surface area contributed by atoms with Crippen LogP contribution in [-0.4, -0.2) is 43.6 Å². The Balaban J connectivity index is 0.000000115. The molecule has 9 heteroatoms. The lowest BCUT2D eigenvalue weighted by atomic mass is 9.70. The fourth-order valence-electron chi connectivity index (χ4n) is 21.6. The third-order valence-corrected chi connectivity index (χ3v) is 27.9. The van der Waals surface area contributed by atoms with Gasteiger partial charge in [-0.2, -0.15) is 0 Å². The van der Waals surface area contributed by atoms with Crippen LogP contribution in [0.15, 0.2) is 517 Å². The molecule has 0 saturated heterocycles. The van der Waals surface area contributed by atoms with Crippen molar-refractivity contribution in [2.24, 2.45) is 0 Å². The van der Waals surface area contributed by atoms with Crippen molar-refractivity contribution in [3.05, 3.63) is 551 Å². The van der Waals surface area contributed by atoms with Crippen molar-refractivity contribution < 1.29 is 0 Å². The number of aromatic nitrogens is 9. The molecule has 0 amide bonds. The van der Waals surface area contributed by atoms with Crippen LogP contribution in [0.25, 0.3) is 196 Å². The standard InChI is InChI=1S/C50H35N3.C45H29N3.C35H27N3/c1-5-15-36(16-6-1)44-33-45(37-17-7-2-8-18-37)49(50(39-21-11-4-12-22-39)48(44)38-19-9-3-10-20-38)40-25-27-43(28-26-40)53-46(41-23-13-31-51-34-41)29-30-47(53)42-24-14-32-52-35-42;1-4-14-39-35(11-1)36-12-2-5-15-40(36)45(39)41-16-6-3-13-37(41)38-22-19-31(27-42(38)45)30-17-20-34(21-18-30)48-43(32-9-7-25-46-28-32)23-24-44(48)33-10-8-26-47-29-33;1-35(2)31-10-4-3-9-29(31)30-16-13-25(21-32(30)35)24-11-14-28(15-12-24)38-33(26-7-5-19-36-22-26)17-18-34(38)27-8-6-20-37-23-27/h1-35H;1-29H;3-23H,1-2H3. The minimum Gasteiger partial charge on any atom is -0.309 e. The second-order valence-corrected chi connectivity index (χ2v) is 36.0. The lowest BCUT2D eigenvalue weighted by molar-refractivity contribution is 0.660. The number of rotatable bonds is 16. The molecule has 139 heavy (non-hydrogen) atoms. The van der Waals surface area contributed by atoms with Crippen LogP contribution < -0.4 is 0 Å². The van der Waals surface area contributed by atoms with E-state index in [9.17, 15) is 0 Å². The molecule has 23 aromatic rings. The fourth-order valence-corrected chi connectivity index (χ4v) is 21.6. The first-order chi connectivity index (χ1) is 68.8. The van der Waals surface area contributed by atoms with Crippen LogP contribution in [0.2, 0.25) is 0 Å². The van der Waals surface area contributed by atoms with Gasteiger partial charge in [-0.25, -0.2) is 0 Å². The van der Waals surface area contributed by atoms with Gasteiger partial charge in [-0.15, -0.1) is 0 Å². The van der Waals surface area contributed by atoms with Crippen LogP contribution in [0.3, 0.4) is 0 Å². The van der Waals surface area contributed by atoms with Gasteiger partial charge in [0.05, 0.1) is 39.6 Å². The maximum atomic E-state index is 4.45. The van der Waals surface area contributed by atoms with Crippen LogP contribution in [0.4, 0.5) is 0 Å². The van der Waals surface area contributed by atoms with E-state index in [4.69, 9.17) is 0 Å². The number of fused-ring (bicyclic) bond motifs is 13. The summed E-state index contributed by atoms with van der Waals surface area (Å²) in [6.07, 6.45) is 22.4. The van der Waals surface area contributed by atoms with Gasteiger partial charge in [0.1, 0.15) is 0 Å². The Labute approximate surface area is 809 Å². The summed E-state index contributed by atoms with van der Waals surface area (Å²) in [5, 5.41) is 0. The number of hydrogen-bond acceptors (Lipinski definition) is 6. The quantitative estimate of drug-likeness (QED) is 0.0957. The van der Waals surface area contributed by atoms with Crippen LogP contribution in [0.1, 0.15) is 47.2 Å². The summed E-state index contributed by atoms with van der Waals surface area (Å²) in [7, 11) is 0. The van der Waals surface area contributed by atoms with Crippen molar-refractivity contribution in [3.8, 4) is 196 Å². The van der Waals surface area contributed by atoms with Crippen molar-refractivity contribution in [2.75, 3.05) is 0 Å². The minimum absolute atomic E-state index is 0.00966. The highest BCUT2D eigenvalue weighted by molar-refractivity contribution is 6.08. The minimum atomic E-state index is -0.350. The van der Waals surface area contributed by atoms with E-state index in [-0.39, 0.29) is 10.8 Å². The molecule has 0 unspecified atom stereocenters. The molecular formula is C130H91N9. The lowest BCUT2D eigenvalue weighted by Crippen LogP contribution is -2.25. The van der Waals surface area contributed by atoms with Gasteiger partial charge in [-0.1, -0.05) is 293 Å². The molecule has 9 aromatic heterocycles. The van der Waals surface area contributed by atoms with E-state index < -0.39 is 0 Å². The third-order valence-electron chi connectivity index (χ3n) is 27.9. The molecule has 0 fully saturated rings. The van der Waals surface area contributed by atoms with E-state index in [0.29, 0.717) is 0 Å². The Hall–Kier alpha value is -18.2. The Bertz CT molecular complexity index is 8180. The van der Waals surface area contributed by atoms with Gasteiger partial charge in [0.2, 0.25) is 0 Å². The predicted octanol–water partition coefficient (Wildman–Crippen LogP) is 32.1. The number of pyridine rings is 6. The highest BCUT2D eigenvalue weighted by Crippen LogP contribution is 2.64. The van der Waals surface area contributed by atoms with Crippen molar-refractivity contribution >= 4 is 0 Å². The van der Waals surface area contributed by atoms with E-state index in [1.807, 2.05) is 111 Å². The molecule has 14 aromatic carbocycles. The van der Waals surface area contributed by atoms with Crippen LogP contribution in [0.5, 0.6) is 0 Å². The molecule has 26 rings (SSSR count). The number of hydrogen-bond donors (Lipinski definition) is 0. The molecular weight excluding hydrogens is 1690 g/mol. The molecule has 3 aliphatic rings. The van der Waals surface area contributed by atoms with Crippen molar-refractivity contribution in [2.45, 2.75) is 24.7 Å². The maximum Gasteiger partial charge on any atom is 0.0725 e. The Kier molecular flexibility index (Phi) is 21.7. The van der Waals surface area contributed by atoms with Gasteiger partial charge < -0.3 is 13.7 Å².